The third kappa shape index (κ3) is 2.95. The number of anilines is 1. The lowest BCUT2D eigenvalue weighted by molar-refractivity contribution is 0.867. The molecule has 24 heavy (non-hydrogen) atoms. The smallest absolute Gasteiger partial charge is 0.102 e. The van der Waals surface area contributed by atoms with Crippen LogP contribution in [0, 0.1) is 11.3 Å². The first-order valence-corrected chi connectivity index (χ1v) is 8.63. The third-order valence-corrected chi connectivity index (χ3v) is 4.75. The minimum Gasteiger partial charge on any atom is -0.359 e. The first-order chi connectivity index (χ1) is 11.5. The van der Waals surface area contributed by atoms with Crippen molar-refractivity contribution in [3.8, 4) is 17.2 Å². The zero-order chi connectivity index (χ0) is 17.3. The van der Waals surface area contributed by atoms with Crippen molar-refractivity contribution in [2.45, 2.75) is 46.0 Å². The second-order valence-electron chi connectivity index (χ2n) is 6.95. The summed E-state index contributed by atoms with van der Waals surface area (Å²) in [5, 5.41) is 12.9. The van der Waals surface area contributed by atoms with E-state index < -0.39 is 0 Å². The van der Waals surface area contributed by atoms with E-state index in [0.29, 0.717) is 5.92 Å². The van der Waals surface area contributed by atoms with Crippen LogP contribution in [0.25, 0.3) is 11.1 Å². The van der Waals surface area contributed by atoms with Crippen LogP contribution in [-0.4, -0.2) is 0 Å². The van der Waals surface area contributed by atoms with Crippen molar-refractivity contribution < 1.29 is 0 Å². The van der Waals surface area contributed by atoms with Gasteiger partial charge in [0.15, 0.2) is 0 Å². The van der Waals surface area contributed by atoms with Gasteiger partial charge in [0.1, 0.15) is 6.07 Å². The molecular formula is C22H24N2. The van der Waals surface area contributed by atoms with Crippen LogP contribution in [0.3, 0.4) is 0 Å². The van der Waals surface area contributed by atoms with Crippen LogP contribution in [0.4, 0.5) is 5.69 Å². The summed E-state index contributed by atoms with van der Waals surface area (Å²) in [6, 6.07) is 13.4. The van der Waals surface area contributed by atoms with E-state index in [2.05, 4.69) is 62.1 Å². The standard InChI is InChI=1S/C22H24N2/c1-14(2)16-8-10-17(11-9-16)20-12-22(24-15(3)4)21(13-23)19-7-5-6-18(19)20/h8-12,14,24H,3,5-7H2,1-2,4H3. The van der Waals surface area contributed by atoms with Gasteiger partial charge in [-0.2, -0.15) is 5.26 Å². The van der Waals surface area contributed by atoms with E-state index in [-0.39, 0.29) is 0 Å². The number of benzene rings is 2. The fourth-order valence-corrected chi connectivity index (χ4v) is 3.54. The van der Waals surface area contributed by atoms with Crippen LogP contribution in [-0.2, 0) is 12.8 Å². The number of nitrogens with zero attached hydrogens (tertiary/aromatic N) is 1. The number of allylic oxidation sites excluding steroid dienone is 1. The number of hydrogen-bond donors (Lipinski definition) is 1. The molecule has 0 aromatic heterocycles. The summed E-state index contributed by atoms with van der Waals surface area (Å²) in [4.78, 5) is 0. The molecule has 1 N–H and O–H groups in total. The number of nitrogens with one attached hydrogen (secondary N) is 1. The van der Waals surface area contributed by atoms with Gasteiger partial charge in [0, 0.05) is 5.70 Å². The Morgan fingerprint density at radius 1 is 1.17 bits per heavy atom. The van der Waals surface area contributed by atoms with Crippen LogP contribution in [0.1, 0.15) is 55.4 Å². The van der Waals surface area contributed by atoms with Crippen molar-refractivity contribution in [3.63, 3.8) is 0 Å². The van der Waals surface area contributed by atoms with Crippen LogP contribution >= 0.6 is 0 Å². The number of nitriles is 1. The van der Waals surface area contributed by atoms with Crippen LogP contribution in [0.5, 0.6) is 0 Å². The van der Waals surface area contributed by atoms with Crippen LogP contribution in [0.2, 0.25) is 0 Å². The van der Waals surface area contributed by atoms with Crippen molar-refractivity contribution in [3.05, 3.63) is 64.9 Å². The zero-order valence-electron chi connectivity index (χ0n) is 14.7. The lowest BCUT2D eigenvalue weighted by Gasteiger charge is -2.17. The normalized spacial score (nSPS) is 12.8. The SMILES string of the molecule is C=C(C)Nc1cc(-c2ccc(C(C)C)cc2)c2c(c1C#N)CCC2. The van der Waals surface area contributed by atoms with Gasteiger partial charge in [-0.05, 0) is 66.0 Å². The minimum absolute atomic E-state index is 0.534. The zero-order valence-corrected chi connectivity index (χ0v) is 14.7. The molecule has 0 bridgehead atoms. The lowest BCUT2D eigenvalue weighted by Crippen LogP contribution is -2.02. The molecule has 0 heterocycles. The predicted octanol–water partition coefficient (Wildman–Crippen LogP) is 5.78. The topological polar surface area (TPSA) is 35.8 Å². The van der Waals surface area contributed by atoms with Crippen molar-refractivity contribution in [1.29, 1.82) is 5.26 Å². The monoisotopic (exact) mass is 316 g/mol. The fraction of sp³-hybridized carbons (Fsp3) is 0.318. The molecule has 2 nitrogen and oxygen atoms in total. The Morgan fingerprint density at radius 3 is 2.42 bits per heavy atom. The minimum atomic E-state index is 0.534. The Labute approximate surface area is 144 Å². The van der Waals surface area contributed by atoms with Gasteiger partial charge in [0.25, 0.3) is 0 Å². The molecule has 0 fully saturated rings. The molecule has 1 aliphatic rings. The molecule has 0 atom stereocenters. The van der Waals surface area contributed by atoms with Gasteiger partial charge in [0.2, 0.25) is 0 Å². The Balaban J connectivity index is 2.15. The van der Waals surface area contributed by atoms with Gasteiger partial charge in [-0.25, -0.2) is 0 Å². The van der Waals surface area contributed by atoms with E-state index in [9.17, 15) is 5.26 Å². The molecule has 2 aromatic carbocycles. The maximum Gasteiger partial charge on any atom is 0.102 e. The van der Waals surface area contributed by atoms with E-state index in [4.69, 9.17) is 0 Å². The average molecular weight is 316 g/mol. The Bertz CT molecular complexity index is 821. The largest absolute Gasteiger partial charge is 0.359 e. The van der Waals surface area contributed by atoms with Gasteiger partial charge in [-0.3, -0.25) is 0 Å². The maximum atomic E-state index is 9.63. The van der Waals surface area contributed by atoms with Gasteiger partial charge < -0.3 is 5.32 Å². The van der Waals surface area contributed by atoms with Gasteiger partial charge in [-0.1, -0.05) is 44.7 Å². The number of hydrogen-bond acceptors (Lipinski definition) is 2. The highest BCUT2D eigenvalue weighted by Crippen LogP contribution is 2.39. The Morgan fingerprint density at radius 2 is 1.83 bits per heavy atom. The highest BCUT2D eigenvalue weighted by molar-refractivity contribution is 5.79. The van der Waals surface area contributed by atoms with Gasteiger partial charge >= 0.3 is 0 Å². The summed E-state index contributed by atoms with van der Waals surface area (Å²) in [5.41, 5.74) is 8.91. The molecule has 0 radical (unpaired) electrons. The molecule has 2 aromatic rings. The molecule has 0 saturated carbocycles. The van der Waals surface area contributed by atoms with Gasteiger partial charge in [0.05, 0.1) is 11.3 Å². The number of rotatable bonds is 4. The van der Waals surface area contributed by atoms with Crippen molar-refractivity contribution >= 4 is 5.69 Å². The molecule has 1 aliphatic carbocycles. The molecule has 0 unspecified atom stereocenters. The van der Waals surface area contributed by atoms with E-state index >= 15 is 0 Å². The summed E-state index contributed by atoms with van der Waals surface area (Å²) < 4.78 is 0. The molecular weight excluding hydrogens is 292 g/mol. The van der Waals surface area contributed by atoms with Crippen LogP contribution in [0.15, 0.2) is 42.6 Å². The Kier molecular flexibility index (Phi) is 4.44. The summed E-state index contributed by atoms with van der Waals surface area (Å²) in [7, 11) is 0. The maximum absolute atomic E-state index is 9.63. The van der Waals surface area contributed by atoms with E-state index in [1.807, 2.05) is 6.92 Å². The predicted molar refractivity (Wildman–Crippen MR) is 101 cm³/mol. The van der Waals surface area contributed by atoms with Crippen molar-refractivity contribution in [2.75, 3.05) is 5.32 Å². The van der Waals surface area contributed by atoms with E-state index in [0.717, 1.165) is 36.2 Å². The molecule has 2 heteroatoms. The Hall–Kier alpha value is -2.53. The third-order valence-electron chi connectivity index (χ3n) is 4.75. The summed E-state index contributed by atoms with van der Waals surface area (Å²) >= 11 is 0. The molecule has 0 saturated heterocycles. The first-order valence-electron chi connectivity index (χ1n) is 8.63. The fourth-order valence-electron chi connectivity index (χ4n) is 3.54. The summed E-state index contributed by atoms with van der Waals surface area (Å²) in [6.07, 6.45) is 3.16. The molecule has 122 valence electrons. The van der Waals surface area contributed by atoms with E-state index in [1.165, 1.54) is 27.8 Å². The second-order valence-corrected chi connectivity index (χ2v) is 6.95. The highest BCUT2D eigenvalue weighted by atomic mass is 14.9. The van der Waals surface area contributed by atoms with E-state index in [1.54, 1.807) is 0 Å². The first kappa shape index (κ1) is 16.3. The summed E-state index contributed by atoms with van der Waals surface area (Å²) in [5.74, 6) is 0.534. The quantitative estimate of drug-likeness (QED) is 0.775. The highest BCUT2D eigenvalue weighted by Gasteiger charge is 2.22. The van der Waals surface area contributed by atoms with Gasteiger partial charge in [-0.15, -0.1) is 0 Å². The molecule has 0 aliphatic heterocycles. The second kappa shape index (κ2) is 6.53. The average Bonchev–Trinajstić information content (AvgIpc) is 3.03. The van der Waals surface area contributed by atoms with Crippen LogP contribution < -0.4 is 5.32 Å². The molecule has 3 rings (SSSR count). The molecule has 0 spiro atoms. The van der Waals surface area contributed by atoms with Crippen molar-refractivity contribution in [2.24, 2.45) is 0 Å². The summed E-state index contributed by atoms with van der Waals surface area (Å²) in [6.45, 7) is 10.3. The molecule has 0 amide bonds. The van der Waals surface area contributed by atoms with Crippen molar-refractivity contribution in [1.82, 2.24) is 0 Å². The lowest BCUT2D eigenvalue weighted by atomic mass is 9.91. The number of fused-ring (bicyclic) bond motifs is 1.